The van der Waals surface area contributed by atoms with Gasteiger partial charge in [-0.2, -0.15) is 11.8 Å². The van der Waals surface area contributed by atoms with Crippen LogP contribution in [0.15, 0.2) is 0 Å². The number of hydrogen-bond donors (Lipinski definition) is 3. The monoisotopic (exact) mass is 278 g/mol. The second-order valence-electron chi connectivity index (χ2n) is 3.71. The molecule has 7 nitrogen and oxygen atoms in total. The maximum absolute atomic E-state index is 11.2. The van der Waals surface area contributed by atoms with Crippen LogP contribution in [0.4, 0.5) is 4.79 Å². The number of urea groups is 1. The highest BCUT2D eigenvalue weighted by atomic mass is 32.2. The average Bonchev–Trinajstić information content (AvgIpc) is 2.26. The molecule has 1 atom stereocenters. The largest absolute Gasteiger partial charge is 0.480 e. The van der Waals surface area contributed by atoms with Crippen LogP contribution in [0.3, 0.4) is 0 Å². The Hall–Kier alpha value is -1.28. The summed E-state index contributed by atoms with van der Waals surface area (Å²) in [6, 6.07) is -0.605. The summed E-state index contributed by atoms with van der Waals surface area (Å²) in [5.74, 6) is -0.621. The molecule has 0 radical (unpaired) electrons. The second kappa shape index (κ2) is 9.72. The smallest absolute Gasteiger partial charge is 0.329 e. The standard InChI is InChI=1S/C10H18N2O5S/c1-7(6-18-2)3-11-10(16)12-8(13)4-17-5-9(14)15/h7H,3-6H2,1-2H3,(H,14,15)(H2,11,12,13,16). The number of hydrogen-bond acceptors (Lipinski definition) is 5. The number of carbonyl (C=O) groups is 3. The van der Waals surface area contributed by atoms with E-state index in [1.54, 1.807) is 11.8 Å². The van der Waals surface area contributed by atoms with Gasteiger partial charge in [-0.3, -0.25) is 10.1 Å². The zero-order valence-electron chi connectivity index (χ0n) is 10.4. The number of carboxylic acids is 1. The van der Waals surface area contributed by atoms with Crippen LogP contribution in [0.5, 0.6) is 0 Å². The van der Waals surface area contributed by atoms with Crippen LogP contribution >= 0.6 is 11.8 Å². The van der Waals surface area contributed by atoms with Crippen molar-refractivity contribution in [2.75, 3.05) is 31.8 Å². The Morgan fingerprint density at radius 1 is 1.33 bits per heavy atom. The molecular weight excluding hydrogens is 260 g/mol. The van der Waals surface area contributed by atoms with Crippen molar-refractivity contribution in [1.82, 2.24) is 10.6 Å². The number of nitrogens with one attached hydrogen (secondary N) is 2. The fourth-order valence-corrected chi connectivity index (χ4v) is 1.74. The molecule has 0 aliphatic rings. The van der Waals surface area contributed by atoms with E-state index in [1.165, 1.54) is 0 Å². The molecule has 0 aromatic heterocycles. The third kappa shape index (κ3) is 9.91. The predicted octanol–water partition coefficient (Wildman–Crippen LogP) is -0.0875. The third-order valence-electron chi connectivity index (χ3n) is 1.77. The molecule has 3 amide bonds. The Bertz CT molecular complexity index is 298. The molecule has 0 aliphatic carbocycles. The molecule has 0 aromatic carbocycles. The Morgan fingerprint density at radius 2 is 2.00 bits per heavy atom. The minimum atomic E-state index is -1.17. The van der Waals surface area contributed by atoms with Crippen LogP contribution in [0.2, 0.25) is 0 Å². The first-order valence-corrected chi connectivity index (χ1v) is 6.71. The van der Waals surface area contributed by atoms with Crippen molar-refractivity contribution in [3.05, 3.63) is 0 Å². The number of imide groups is 1. The molecule has 0 aromatic rings. The summed E-state index contributed by atoms with van der Waals surface area (Å²) in [5, 5.41) is 12.8. The maximum atomic E-state index is 11.2. The normalized spacial score (nSPS) is 11.7. The van der Waals surface area contributed by atoms with Gasteiger partial charge in [0.15, 0.2) is 0 Å². The summed E-state index contributed by atoms with van der Waals surface area (Å²) in [6.45, 7) is 1.42. The van der Waals surface area contributed by atoms with Crippen LogP contribution in [0.25, 0.3) is 0 Å². The molecule has 0 bridgehead atoms. The summed E-state index contributed by atoms with van der Waals surface area (Å²) in [4.78, 5) is 32.5. The average molecular weight is 278 g/mol. The van der Waals surface area contributed by atoms with Crippen molar-refractivity contribution in [3.63, 3.8) is 0 Å². The molecule has 0 saturated carbocycles. The van der Waals surface area contributed by atoms with Gasteiger partial charge in [-0.25, -0.2) is 9.59 Å². The highest BCUT2D eigenvalue weighted by Crippen LogP contribution is 2.02. The molecule has 0 spiro atoms. The molecule has 8 heteroatoms. The first kappa shape index (κ1) is 16.7. The van der Waals surface area contributed by atoms with E-state index in [9.17, 15) is 14.4 Å². The minimum Gasteiger partial charge on any atom is -0.480 e. The van der Waals surface area contributed by atoms with E-state index in [1.807, 2.05) is 18.5 Å². The van der Waals surface area contributed by atoms with E-state index >= 15 is 0 Å². The quantitative estimate of drug-likeness (QED) is 0.573. The molecule has 0 saturated heterocycles. The van der Waals surface area contributed by atoms with Gasteiger partial charge in [0.05, 0.1) is 0 Å². The van der Waals surface area contributed by atoms with E-state index in [2.05, 4.69) is 10.1 Å². The molecule has 104 valence electrons. The number of carboxylic acid groups (broad SMARTS) is 1. The van der Waals surface area contributed by atoms with E-state index < -0.39 is 31.1 Å². The van der Waals surface area contributed by atoms with E-state index in [4.69, 9.17) is 5.11 Å². The van der Waals surface area contributed by atoms with E-state index in [-0.39, 0.29) is 0 Å². The van der Waals surface area contributed by atoms with Crippen LogP contribution in [-0.4, -0.2) is 54.8 Å². The lowest BCUT2D eigenvalue weighted by atomic mass is 10.2. The van der Waals surface area contributed by atoms with Crippen molar-refractivity contribution in [2.24, 2.45) is 5.92 Å². The van der Waals surface area contributed by atoms with Crippen LogP contribution in [0.1, 0.15) is 6.92 Å². The van der Waals surface area contributed by atoms with Gasteiger partial charge in [0.1, 0.15) is 13.2 Å². The molecule has 18 heavy (non-hydrogen) atoms. The topological polar surface area (TPSA) is 105 Å². The third-order valence-corrected chi connectivity index (χ3v) is 2.68. The first-order chi connectivity index (χ1) is 8.45. The van der Waals surface area contributed by atoms with Crippen molar-refractivity contribution in [3.8, 4) is 0 Å². The van der Waals surface area contributed by atoms with Gasteiger partial charge in [-0.05, 0) is 17.9 Å². The van der Waals surface area contributed by atoms with Crippen LogP contribution in [0, 0.1) is 5.92 Å². The van der Waals surface area contributed by atoms with Crippen LogP contribution in [-0.2, 0) is 14.3 Å². The van der Waals surface area contributed by atoms with Crippen LogP contribution < -0.4 is 10.6 Å². The summed E-state index contributed by atoms with van der Waals surface area (Å²) < 4.78 is 4.53. The molecule has 0 rings (SSSR count). The molecule has 3 N–H and O–H groups in total. The van der Waals surface area contributed by atoms with Crippen molar-refractivity contribution in [1.29, 1.82) is 0 Å². The summed E-state index contributed by atoms with van der Waals surface area (Å²) in [5.41, 5.74) is 0. The number of rotatable bonds is 8. The second-order valence-corrected chi connectivity index (χ2v) is 4.62. The van der Waals surface area contributed by atoms with Crippen molar-refractivity contribution in [2.45, 2.75) is 6.92 Å². The van der Waals surface area contributed by atoms with Gasteiger partial charge < -0.3 is 15.2 Å². The fraction of sp³-hybridized carbons (Fsp3) is 0.700. The van der Waals surface area contributed by atoms with E-state index in [0.717, 1.165) is 5.75 Å². The van der Waals surface area contributed by atoms with Gasteiger partial charge in [-0.15, -0.1) is 0 Å². The lowest BCUT2D eigenvalue weighted by molar-refractivity contribution is -0.143. The number of amides is 3. The Balaban J connectivity index is 3.67. The summed E-state index contributed by atoms with van der Waals surface area (Å²) in [7, 11) is 0. The van der Waals surface area contributed by atoms with Gasteiger partial charge in [0.25, 0.3) is 5.91 Å². The summed E-state index contributed by atoms with van der Waals surface area (Å²) in [6.07, 6.45) is 1.97. The SMILES string of the molecule is CSCC(C)CNC(=O)NC(=O)COCC(=O)O. The Kier molecular flexibility index (Phi) is 9.03. The highest BCUT2D eigenvalue weighted by molar-refractivity contribution is 7.98. The number of aliphatic carboxylic acids is 1. The van der Waals surface area contributed by atoms with Crippen molar-refractivity contribution < 1.29 is 24.2 Å². The molecule has 1 unspecified atom stereocenters. The lowest BCUT2D eigenvalue weighted by Crippen LogP contribution is -2.43. The first-order valence-electron chi connectivity index (χ1n) is 5.31. The minimum absolute atomic E-state index is 0.309. The van der Waals surface area contributed by atoms with E-state index in [0.29, 0.717) is 12.5 Å². The lowest BCUT2D eigenvalue weighted by Gasteiger charge is -2.11. The number of thioether (sulfide) groups is 1. The Morgan fingerprint density at radius 3 is 2.56 bits per heavy atom. The van der Waals surface area contributed by atoms with Crippen molar-refractivity contribution >= 4 is 29.7 Å². The predicted molar refractivity (Wildman–Crippen MR) is 67.5 cm³/mol. The zero-order valence-corrected chi connectivity index (χ0v) is 11.2. The highest BCUT2D eigenvalue weighted by Gasteiger charge is 2.09. The molecule has 0 fully saturated rings. The van der Waals surface area contributed by atoms with Gasteiger partial charge in [0.2, 0.25) is 0 Å². The van der Waals surface area contributed by atoms with Gasteiger partial charge in [-0.1, -0.05) is 6.92 Å². The molecular formula is C10H18N2O5S. The number of carbonyl (C=O) groups excluding carboxylic acids is 2. The number of ether oxygens (including phenoxy) is 1. The Labute approximate surface area is 110 Å². The zero-order chi connectivity index (χ0) is 14.0. The van der Waals surface area contributed by atoms with Gasteiger partial charge in [0, 0.05) is 6.54 Å². The molecule has 0 heterocycles. The maximum Gasteiger partial charge on any atom is 0.329 e. The van der Waals surface area contributed by atoms with Gasteiger partial charge >= 0.3 is 12.0 Å². The molecule has 0 aliphatic heterocycles. The fourth-order valence-electron chi connectivity index (χ4n) is 1.05. The summed E-state index contributed by atoms with van der Waals surface area (Å²) >= 11 is 1.67.